The van der Waals surface area contributed by atoms with Gasteiger partial charge in [0.15, 0.2) is 0 Å². The molecule has 4 heteroatoms. The largest absolute Gasteiger partial charge is 0.375 e. The third-order valence-corrected chi connectivity index (χ3v) is 4.63. The van der Waals surface area contributed by atoms with E-state index in [4.69, 9.17) is 5.73 Å². The maximum atomic E-state index is 11.9. The van der Waals surface area contributed by atoms with Crippen molar-refractivity contribution in [3.8, 4) is 0 Å². The van der Waals surface area contributed by atoms with Crippen molar-refractivity contribution in [2.75, 3.05) is 11.4 Å². The fourth-order valence-corrected chi connectivity index (χ4v) is 3.27. The summed E-state index contributed by atoms with van der Waals surface area (Å²) in [5, 5.41) is 9.88. The van der Waals surface area contributed by atoms with Crippen LogP contribution in [0.5, 0.6) is 0 Å². The molecule has 1 amide bonds. The summed E-state index contributed by atoms with van der Waals surface area (Å²) in [6.45, 7) is 2.98. The summed E-state index contributed by atoms with van der Waals surface area (Å²) in [7, 11) is 0. The van der Waals surface area contributed by atoms with Gasteiger partial charge in [0, 0.05) is 24.2 Å². The molecule has 0 saturated carbocycles. The monoisotopic (exact) mass is 318 g/mol. The first-order valence-electron chi connectivity index (χ1n) is 9.00. The van der Waals surface area contributed by atoms with Gasteiger partial charge in [0.2, 0.25) is 5.91 Å². The van der Waals surface area contributed by atoms with E-state index < -0.39 is 6.23 Å². The van der Waals surface area contributed by atoms with Crippen LogP contribution in [0.4, 0.5) is 5.69 Å². The van der Waals surface area contributed by atoms with Crippen LogP contribution in [0.15, 0.2) is 18.2 Å². The fourth-order valence-electron chi connectivity index (χ4n) is 3.27. The molecule has 0 spiro atoms. The fraction of sp³-hybridized carbons (Fsp3) is 0.632. The summed E-state index contributed by atoms with van der Waals surface area (Å²) in [5.74, 6) is 0.158. The van der Waals surface area contributed by atoms with E-state index in [1.807, 2.05) is 18.2 Å². The Balaban J connectivity index is 1.98. The molecule has 1 heterocycles. The summed E-state index contributed by atoms with van der Waals surface area (Å²) in [5.41, 5.74) is 8.46. The minimum Gasteiger partial charge on any atom is -0.375 e. The molecule has 0 unspecified atom stereocenters. The quantitative estimate of drug-likeness (QED) is 0.539. The van der Waals surface area contributed by atoms with Crippen LogP contribution in [0.3, 0.4) is 0 Å². The van der Waals surface area contributed by atoms with Crippen molar-refractivity contribution < 1.29 is 9.90 Å². The van der Waals surface area contributed by atoms with Crippen molar-refractivity contribution in [3.05, 3.63) is 29.3 Å². The lowest BCUT2D eigenvalue weighted by atomic mass is 9.98. The van der Waals surface area contributed by atoms with Gasteiger partial charge >= 0.3 is 0 Å². The minimum atomic E-state index is -0.984. The van der Waals surface area contributed by atoms with Crippen LogP contribution in [0, 0.1) is 0 Å². The number of benzene rings is 1. The molecule has 0 bridgehead atoms. The standard InChI is InChI=1S/C19H30N2O2/c1-2-3-4-5-6-7-9-15-11-12-16(14-17(15)19(20)23)21-13-8-10-18(21)22/h11-12,14,19,23H,2-10,13,20H2,1H3/t19-/m0/s1. The van der Waals surface area contributed by atoms with Crippen molar-refractivity contribution >= 4 is 11.6 Å². The van der Waals surface area contributed by atoms with Crippen LogP contribution in [-0.2, 0) is 11.2 Å². The Morgan fingerprint density at radius 3 is 2.61 bits per heavy atom. The van der Waals surface area contributed by atoms with E-state index >= 15 is 0 Å². The van der Waals surface area contributed by atoms with Crippen LogP contribution in [0.25, 0.3) is 0 Å². The molecule has 1 aliphatic heterocycles. The number of carbonyl (C=O) groups is 1. The zero-order chi connectivity index (χ0) is 16.7. The maximum Gasteiger partial charge on any atom is 0.227 e. The van der Waals surface area contributed by atoms with E-state index in [-0.39, 0.29) is 5.91 Å². The van der Waals surface area contributed by atoms with Crippen molar-refractivity contribution in [1.82, 2.24) is 0 Å². The molecule has 1 saturated heterocycles. The molecule has 1 aliphatic rings. The van der Waals surface area contributed by atoms with Gasteiger partial charge in [0.1, 0.15) is 6.23 Å². The topological polar surface area (TPSA) is 66.6 Å². The molecule has 1 atom stereocenters. The highest BCUT2D eigenvalue weighted by Crippen LogP contribution is 2.27. The average Bonchev–Trinajstić information content (AvgIpc) is 2.97. The van der Waals surface area contributed by atoms with E-state index in [9.17, 15) is 9.90 Å². The zero-order valence-corrected chi connectivity index (χ0v) is 14.3. The van der Waals surface area contributed by atoms with Gasteiger partial charge in [-0.2, -0.15) is 0 Å². The number of rotatable bonds is 9. The van der Waals surface area contributed by atoms with E-state index in [0.717, 1.165) is 42.6 Å². The molecule has 1 aromatic rings. The van der Waals surface area contributed by atoms with Crippen molar-refractivity contribution in [2.24, 2.45) is 5.73 Å². The first kappa shape index (κ1) is 18.0. The van der Waals surface area contributed by atoms with Crippen LogP contribution in [0.1, 0.15) is 75.6 Å². The molecule has 0 aromatic heterocycles. The number of aliphatic hydroxyl groups is 1. The van der Waals surface area contributed by atoms with Crippen LogP contribution in [0.2, 0.25) is 0 Å². The summed E-state index contributed by atoms with van der Waals surface area (Å²) < 4.78 is 0. The molecule has 128 valence electrons. The highest BCUT2D eigenvalue weighted by Gasteiger charge is 2.22. The van der Waals surface area contributed by atoms with Gasteiger partial charge in [0.25, 0.3) is 0 Å². The molecular weight excluding hydrogens is 288 g/mol. The molecule has 2 rings (SSSR count). The van der Waals surface area contributed by atoms with Crippen molar-refractivity contribution in [1.29, 1.82) is 0 Å². The van der Waals surface area contributed by atoms with Gasteiger partial charge in [-0.1, -0.05) is 45.1 Å². The van der Waals surface area contributed by atoms with Crippen molar-refractivity contribution in [3.63, 3.8) is 0 Å². The molecular formula is C19H30N2O2. The number of anilines is 1. The zero-order valence-electron chi connectivity index (χ0n) is 14.3. The molecule has 0 radical (unpaired) electrons. The van der Waals surface area contributed by atoms with E-state index in [1.54, 1.807) is 4.90 Å². The Hall–Kier alpha value is -1.39. The molecule has 1 aromatic carbocycles. The first-order chi connectivity index (χ1) is 11.1. The predicted molar refractivity (Wildman–Crippen MR) is 94.3 cm³/mol. The number of nitrogens with zero attached hydrogens (tertiary/aromatic N) is 1. The van der Waals surface area contributed by atoms with Crippen LogP contribution in [-0.4, -0.2) is 17.6 Å². The third-order valence-electron chi connectivity index (χ3n) is 4.63. The number of aryl methyl sites for hydroxylation is 1. The number of hydrogen-bond acceptors (Lipinski definition) is 3. The highest BCUT2D eigenvalue weighted by atomic mass is 16.3. The van der Waals surface area contributed by atoms with E-state index in [0.29, 0.717) is 6.42 Å². The molecule has 4 nitrogen and oxygen atoms in total. The summed E-state index contributed by atoms with van der Waals surface area (Å²) in [4.78, 5) is 13.7. The summed E-state index contributed by atoms with van der Waals surface area (Å²) in [6.07, 6.45) is 8.95. The lowest BCUT2D eigenvalue weighted by molar-refractivity contribution is -0.117. The Morgan fingerprint density at radius 2 is 1.96 bits per heavy atom. The molecule has 1 fully saturated rings. The molecule has 3 N–H and O–H groups in total. The van der Waals surface area contributed by atoms with Gasteiger partial charge in [-0.3, -0.25) is 4.79 Å². The number of aliphatic hydroxyl groups excluding tert-OH is 1. The molecule has 23 heavy (non-hydrogen) atoms. The lowest BCUT2D eigenvalue weighted by Gasteiger charge is -2.20. The lowest BCUT2D eigenvalue weighted by Crippen LogP contribution is -2.24. The van der Waals surface area contributed by atoms with E-state index in [1.165, 1.54) is 32.1 Å². The Labute approximate surface area is 139 Å². The summed E-state index contributed by atoms with van der Waals surface area (Å²) >= 11 is 0. The predicted octanol–water partition coefficient (Wildman–Crippen LogP) is 3.67. The Bertz CT molecular complexity index is 514. The normalized spacial score (nSPS) is 16.1. The number of hydrogen-bond donors (Lipinski definition) is 2. The second-order valence-electron chi connectivity index (χ2n) is 6.49. The van der Waals surface area contributed by atoms with Gasteiger partial charge in [0.05, 0.1) is 0 Å². The second-order valence-corrected chi connectivity index (χ2v) is 6.49. The smallest absolute Gasteiger partial charge is 0.227 e. The Kier molecular flexibility index (Phi) is 7.06. The minimum absolute atomic E-state index is 0.158. The maximum absolute atomic E-state index is 11.9. The second kappa shape index (κ2) is 9.04. The number of amides is 1. The van der Waals surface area contributed by atoms with Crippen LogP contribution >= 0.6 is 0 Å². The summed E-state index contributed by atoms with van der Waals surface area (Å²) in [6, 6.07) is 5.90. The van der Waals surface area contributed by atoms with Gasteiger partial charge < -0.3 is 15.7 Å². The SMILES string of the molecule is CCCCCCCCc1ccc(N2CCCC2=O)cc1[C@@H](N)O. The number of nitrogens with two attached hydrogens (primary N) is 1. The molecule has 0 aliphatic carbocycles. The van der Waals surface area contributed by atoms with Gasteiger partial charge in [-0.15, -0.1) is 0 Å². The van der Waals surface area contributed by atoms with Crippen molar-refractivity contribution in [2.45, 2.75) is 70.9 Å². The number of unbranched alkanes of at least 4 members (excludes halogenated alkanes) is 5. The average molecular weight is 318 g/mol. The van der Waals surface area contributed by atoms with E-state index in [2.05, 4.69) is 6.92 Å². The number of carbonyl (C=O) groups excluding carboxylic acids is 1. The van der Waals surface area contributed by atoms with Gasteiger partial charge in [-0.25, -0.2) is 0 Å². The third kappa shape index (κ3) is 5.05. The first-order valence-corrected chi connectivity index (χ1v) is 9.00. The highest BCUT2D eigenvalue weighted by molar-refractivity contribution is 5.95. The van der Waals surface area contributed by atoms with Gasteiger partial charge in [-0.05, 0) is 37.0 Å². The van der Waals surface area contributed by atoms with Crippen LogP contribution < -0.4 is 10.6 Å². The Morgan fingerprint density at radius 1 is 1.22 bits per heavy atom.